The Morgan fingerprint density at radius 3 is 2.41 bits per heavy atom. The van der Waals surface area contributed by atoms with Crippen molar-refractivity contribution in [1.29, 1.82) is 0 Å². The van der Waals surface area contributed by atoms with Crippen molar-refractivity contribution < 1.29 is 4.79 Å². The summed E-state index contributed by atoms with van der Waals surface area (Å²) in [6.45, 7) is 9.46. The van der Waals surface area contributed by atoms with Crippen LogP contribution in [0.2, 0.25) is 0 Å². The van der Waals surface area contributed by atoms with Gasteiger partial charge in [-0.2, -0.15) is 0 Å². The number of aromatic nitrogens is 1. The van der Waals surface area contributed by atoms with Crippen LogP contribution in [0.5, 0.6) is 0 Å². The Morgan fingerprint density at radius 2 is 1.76 bits per heavy atom. The molecule has 152 valence electrons. The largest absolute Gasteiger partial charge is 0.352 e. The maximum Gasteiger partial charge on any atom is 0.252 e. The molecule has 1 amide bonds. The number of pyridine rings is 1. The van der Waals surface area contributed by atoms with E-state index in [1.165, 1.54) is 5.56 Å². The Hall–Kier alpha value is -2.20. The molecule has 0 aliphatic carbocycles. The first-order valence-electron chi connectivity index (χ1n) is 10.3. The molecule has 0 spiro atoms. The molecule has 3 nitrogen and oxygen atoms in total. The quantitative estimate of drug-likeness (QED) is 0.414. The van der Waals surface area contributed by atoms with Crippen LogP contribution in [0.3, 0.4) is 0 Å². The molecule has 0 aliphatic heterocycles. The normalized spacial score (nSPS) is 11.6. The monoisotopic (exact) mass is 452 g/mol. The fraction of sp³-hybridized carbons (Fsp3) is 0.360. The van der Waals surface area contributed by atoms with Crippen molar-refractivity contribution in [3.63, 3.8) is 0 Å². The van der Waals surface area contributed by atoms with Gasteiger partial charge < -0.3 is 5.32 Å². The standard InChI is InChI=1S/C25H29BrN2O/c1-5-6-7-14-27-24(29)21-16-23(28-22-13-12-19(26)15-20(21)22)17-8-10-18(11-9-17)25(2,3)4/h8-13,15-16H,5-7,14H2,1-4H3,(H,27,29). The third-order valence-corrected chi connectivity index (χ3v) is 5.62. The number of nitrogens with one attached hydrogen (secondary N) is 1. The highest BCUT2D eigenvalue weighted by Gasteiger charge is 2.16. The van der Waals surface area contributed by atoms with E-state index in [1.54, 1.807) is 0 Å². The van der Waals surface area contributed by atoms with Crippen LogP contribution < -0.4 is 5.32 Å². The summed E-state index contributed by atoms with van der Waals surface area (Å²) in [5, 5.41) is 3.93. The van der Waals surface area contributed by atoms with Crippen molar-refractivity contribution in [2.24, 2.45) is 0 Å². The number of fused-ring (bicyclic) bond motifs is 1. The summed E-state index contributed by atoms with van der Waals surface area (Å²) < 4.78 is 0.939. The Balaban J connectivity index is 2.01. The van der Waals surface area contributed by atoms with E-state index >= 15 is 0 Å². The number of benzene rings is 2. The topological polar surface area (TPSA) is 42.0 Å². The van der Waals surface area contributed by atoms with Crippen molar-refractivity contribution in [3.8, 4) is 11.3 Å². The zero-order chi connectivity index (χ0) is 21.0. The van der Waals surface area contributed by atoms with E-state index < -0.39 is 0 Å². The first kappa shape index (κ1) is 21.5. The number of hydrogen-bond donors (Lipinski definition) is 1. The zero-order valence-corrected chi connectivity index (χ0v) is 19.3. The lowest BCUT2D eigenvalue weighted by Gasteiger charge is -2.19. The van der Waals surface area contributed by atoms with E-state index in [0.717, 1.165) is 45.9 Å². The minimum Gasteiger partial charge on any atom is -0.352 e. The number of hydrogen-bond acceptors (Lipinski definition) is 2. The van der Waals surface area contributed by atoms with Crippen molar-refractivity contribution in [1.82, 2.24) is 10.3 Å². The summed E-state index contributed by atoms with van der Waals surface area (Å²) in [5.74, 6) is -0.0424. The van der Waals surface area contributed by atoms with Gasteiger partial charge in [0.1, 0.15) is 0 Å². The van der Waals surface area contributed by atoms with Crippen LogP contribution in [0, 0.1) is 0 Å². The van der Waals surface area contributed by atoms with Gasteiger partial charge in [-0.3, -0.25) is 4.79 Å². The molecule has 4 heteroatoms. The maximum atomic E-state index is 12.9. The second-order valence-corrected chi connectivity index (χ2v) is 9.42. The molecular weight excluding hydrogens is 424 g/mol. The van der Waals surface area contributed by atoms with Crippen molar-refractivity contribution >= 4 is 32.7 Å². The minimum absolute atomic E-state index is 0.0424. The maximum absolute atomic E-state index is 12.9. The number of carbonyl (C=O) groups is 1. The van der Waals surface area contributed by atoms with Gasteiger partial charge in [-0.1, -0.05) is 80.7 Å². The summed E-state index contributed by atoms with van der Waals surface area (Å²) in [6, 6.07) is 16.3. The molecule has 0 saturated carbocycles. The van der Waals surface area contributed by atoms with Crippen molar-refractivity contribution in [3.05, 3.63) is 64.1 Å². The molecule has 2 aromatic carbocycles. The van der Waals surface area contributed by atoms with Gasteiger partial charge in [0, 0.05) is 22.0 Å². The van der Waals surface area contributed by atoms with Gasteiger partial charge >= 0.3 is 0 Å². The smallest absolute Gasteiger partial charge is 0.252 e. The van der Waals surface area contributed by atoms with Crippen LogP contribution in [-0.2, 0) is 5.41 Å². The fourth-order valence-electron chi connectivity index (χ4n) is 3.35. The van der Waals surface area contributed by atoms with E-state index in [2.05, 4.69) is 73.2 Å². The molecule has 0 radical (unpaired) electrons. The van der Waals surface area contributed by atoms with Gasteiger partial charge in [0.05, 0.1) is 16.8 Å². The van der Waals surface area contributed by atoms with Crippen LogP contribution in [-0.4, -0.2) is 17.4 Å². The lowest BCUT2D eigenvalue weighted by Crippen LogP contribution is -2.24. The van der Waals surface area contributed by atoms with Crippen molar-refractivity contribution in [2.75, 3.05) is 6.54 Å². The van der Waals surface area contributed by atoms with Gasteiger partial charge in [-0.25, -0.2) is 4.98 Å². The Kier molecular flexibility index (Phi) is 6.74. The molecule has 0 aliphatic rings. The molecule has 3 rings (SSSR count). The lowest BCUT2D eigenvalue weighted by molar-refractivity contribution is 0.0954. The van der Waals surface area contributed by atoms with Crippen LogP contribution >= 0.6 is 15.9 Å². The number of halogens is 1. The molecule has 3 aromatic rings. The third-order valence-electron chi connectivity index (χ3n) is 5.13. The molecule has 0 unspecified atom stereocenters. The first-order valence-corrected chi connectivity index (χ1v) is 11.1. The molecular formula is C25H29BrN2O. The van der Waals surface area contributed by atoms with Gasteiger partial charge in [0.15, 0.2) is 0 Å². The summed E-state index contributed by atoms with van der Waals surface area (Å²) in [4.78, 5) is 17.8. The van der Waals surface area contributed by atoms with Gasteiger partial charge in [0.25, 0.3) is 5.91 Å². The van der Waals surface area contributed by atoms with Crippen LogP contribution in [0.4, 0.5) is 0 Å². The molecule has 0 fully saturated rings. The molecule has 1 heterocycles. The lowest BCUT2D eigenvalue weighted by atomic mass is 9.86. The highest BCUT2D eigenvalue weighted by molar-refractivity contribution is 9.10. The Bertz CT molecular complexity index is 1000. The summed E-state index contributed by atoms with van der Waals surface area (Å²) in [7, 11) is 0. The van der Waals surface area contributed by atoms with Gasteiger partial charge in [-0.15, -0.1) is 0 Å². The molecule has 0 atom stereocenters. The van der Waals surface area contributed by atoms with Crippen LogP contribution in [0.25, 0.3) is 22.2 Å². The first-order chi connectivity index (χ1) is 13.8. The molecule has 1 aromatic heterocycles. The number of carbonyl (C=O) groups excluding carboxylic acids is 1. The minimum atomic E-state index is -0.0424. The second kappa shape index (κ2) is 9.08. The van der Waals surface area contributed by atoms with Crippen molar-refractivity contribution in [2.45, 2.75) is 52.4 Å². The highest BCUT2D eigenvalue weighted by Crippen LogP contribution is 2.29. The fourth-order valence-corrected chi connectivity index (χ4v) is 3.71. The summed E-state index contributed by atoms with van der Waals surface area (Å²) in [6.07, 6.45) is 3.25. The number of unbranched alkanes of at least 4 members (excludes halogenated alkanes) is 2. The molecule has 0 saturated heterocycles. The zero-order valence-electron chi connectivity index (χ0n) is 17.7. The molecule has 29 heavy (non-hydrogen) atoms. The second-order valence-electron chi connectivity index (χ2n) is 8.51. The van der Waals surface area contributed by atoms with E-state index in [4.69, 9.17) is 4.98 Å². The summed E-state index contributed by atoms with van der Waals surface area (Å²) >= 11 is 3.52. The highest BCUT2D eigenvalue weighted by atomic mass is 79.9. The average molecular weight is 453 g/mol. The van der Waals surface area contributed by atoms with E-state index in [1.807, 2.05) is 24.3 Å². The SMILES string of the molecule is CCCCCNC(=O)c1cc(-c2ccc(C(C)(C)C)cc2)nc2ccc(Br)cc12. The number of amides is 1. The Labute approximate surface area is 182 Å². The van der Waals surface area contributed by atoms with Crippen LogP contribution in [0.15, 0.2) is 53.0 Å². The van der Waals surface area contributed by atoms with Gasteiger partial charge in [-0.05, 0) is 41.7 Å². The van der Waals surface area contributed by atoms with E-state index in [0.29, 0.717) is 12.1 Å². The molecule has 0 bridgehead atoms. The van der Waals surface area contributed by atoms with Crippen LogP contribution in [0.1, 0.15) is 62.9 Å². The Morgan fingerprint density at radius 1 is 1.03 bits per heavy atom. The summed E-state index contributed by atoms with van der Waals surface area (Å²) in [5.41, 5.74) is 4.71. The number of nitrogens with zero attached hydrogens (tertiary/aromatic N) is 1. The molecule has 1 N–H and O–H groups in total. The predicted molar refractivity (Wildman–Crippen MR) is 125 cm³/mol. The number of rotatable bonds is 6. The van der Waals surface area contributed by atoms with E-state index in [-0.39, 0.29) is 11.3 Å². The average Bonchev–Trinajstić information content (AvgIpc) is 2.69. The van der Waals surface area contributed by atoms with Gasteiger partial charge in [0.2, 0.25) is 0 Å². The van der Waals surface area contributed by atoms with E-state index in [9.17, 15) is 4.79 Å². The third kappa shape index (κ3) is 5.24. The predicted octanol–water partition coefficient (Wildman–Crippen LogP) is 6.88.